The van der Waals surface area contributed by atoms with Crippen LogP contribution in [0, 0.1) is 12.8 Å². The van der Waals surface area contributed by atoms with Crippen LogP contribution in [-0.2, 0) is 4.74 Å². The van der Waals surface area contributed by atoms with Gasteiger partial charge in [0.05, 0.1) is 14.9 Å². The van der Waals surface area contributed by atoms with Gasteiger partial charge >= 0.3 is 0 Å². The second-order valence-corrected chi connectivity index (χ2v) is 8.72. The molecule has 0 bridgehead atoms. The number of carbonyl (C=O) groups is 1. The smallest absolute Gasteiger partial charge is 0.204 e. The zero-order chi connectivity index (χ0) is 19.4. The fourth-order valence-electron chi connectivity index (χ4n) is 2.91. The molecule has 27 heavy (non-hydrogen) atoms. The molecule has 1 N–H and O–H groups in total. The van der Waals surface area contributed by atoms with Crippen LogP contribution >= 0.6 is 47.2 Å². The van der Waals surface area contributed by atoms with E-state index in [4.69, 9.17) is 27.9 Å². The van der Waals surface area contributed by atoms with E-state index >= 15 is 0 Å². The highest BCUT2D eigenvalue weighted by molar-refractivity contribution is 7.80. The lowest BCUT2D eigenvalue weighted by Gasteiger charge is -2.19. The third-order valence-corrected chi connectivity index (χ3v) is 6.86. The molecule has 7 heteroatoms. The van der Waals surface area contributed by atoms with Crippen molar-refractivity contribution in [1.29, 1.82) is 0 Å². The number of rotatable bonds is 3. The third kappa shape index (κ3) is 5.09. The van der Waals surface area contributed by atoms with Gasteiger partial charge in [-0.25, -0.2) is 0 Å². The summed E-state index contributed by atoms with van der Waals surface area (Å²) in [5.41, 5.74) is 1.52. The van der Waals surface area contributed by atoms with Crippen LogP contribution in [0.3, 0.4) is 0 Å². The van der Waals surface area contributed by atoms with Crippen LogP contribution in [0.5, 0.6) is 0 Å². The van der Waals surface area contributed by atoms with Gasteiger partial charge in [0.1, 0.15) is 4.83 Å². The van der Waals surface area contributed by atoms with E-state index in [0.717, 1.165) is 40.8 Å². The lowest BCUT2D eigenvalue weighted by atomic mass is 10.0. The number of carbonyl (C=O) groups excluding carboxylic acids is 1. The number of ketones is 1. The van der Waals surface area contributed by atoms with Gasteiger partial charge in [-0.2, -0.15) is 12.6 Å². The molecule has 0 unspecified atom stereocenters. The van der Waals surface area contributed by atoms with Crippen LogP contribution < -0.4 is 0 Å². The molecule has 1 aliphatic rings. The van der Waals surface area contributed by atoms with Crippen molar-refractivity contribution in [2.45, 2.75) is 19.8 Å². The van der Waals surface area contributed by atoms with Gasteiger partial charge in [0, 0.05) is 29.9 Å². The van der Waals surface area contributed by atoms with Crippen molar-refractivity contribution in [3.05, 3.63) is 56.5 Å². The van der Waals surface area contributed by atoms with Gasteiger partial charge in [0.15, 0.2) is 0 Å². The van der Waals surface area contributed by atoms with Crippen molar-refractivity contribution < 1.29 is 9.53 Å². The molecule has 1 aromatic carbocycles. The van der Waals surface area contributed by atoms with E-state index in [1.165, 1.54) is 24.2 Å². The summed E-state index contributed by atoms with van der Waals surface area (Å²) in [7, 11) is 0. The summed E-state index contributed by atoms with van der Waals surface area (Å²) in [6.45, 7) is 3.89. The molecule has 1 fully saturated rings. The number of aromatic nitrogens is 1. The number of nitrogens with one attached hydrogen (secondary N) is 1. The molecule has 0 atom stereocenters. The average molecular weight is 442 g/mol. The van der Waals surface area contributed by atoms with Gasteiger partial charge in [0.25, 0.3) is 0 Å². The van der Waals surface area contributed by atoms with E-state index in [0.29, 0.717) is 20.5 Å². The Balaban J connectivity index is 0.000000221. The first-order valence-corrected chi connectivity index (χ1v) is 11.0. The summed E-state index contributed by atoms with van der Waals surface area (Å²) >= 11 is 17.7. The number of ether oxygens (including phenoxy) is 1. The normalized spacial score (nSPS) is 14.8. The molecule has 0 saturated carbocycles. The Kier molecular flexibility index (Phi) is 7.29. The summed E-state index contributed by atoms with van der Waals surface area (Å²) < 4.78 is 5.17. The Morgan fingerprint density at radius 2 is 2.04 bits per heavy atom. The molecule has 144 valence electrons. The van der Waals surface area contributed by atoms with E-state index < -0.39 is 0 Å². The highest BCUT2D eigenvalue weighted by Crippen LogP contribution is 2.31. The molecule has 1 saturated heterocycles. The topological polar surface area (TPSA) is 42.1 Å². The lowest BCUT2D eigenvalue weighted by Crippen LogP contribution is -2.16. The second-order valence-electron chi connectivity index (χ2n) is 6.52. The molecule has 3 nitrogen and oxygen atoms in total. The van der Waals surface area contributed by atoms with Crippen LogP contribution in [0.1, 0.15) is 33.8 Å². The number of thiophene rings is 1. The van der Waals surface area contributed by atoms with Crippen molar-refractivity contribution in [3.63, 3.8) is 0 Å². The first-order valence-electron chi connectivity index (χ1n) is 8.76. The lowest BCUT2D eigenvalue weighted by molar-refractivity contribution is 0.0729. The van der Waals surface area contributed by atoms with Crippen molar-refractivity contribution in [2.75, 3.05) is 19.0 Å². The largest absolute Gasteiger partial charge is 0.381 e. The molecule has 3 heterocycles. The number of halogens is 2. The molecule has 4 rings (SSSR count). The number of hydrogen-bond donors (Lipinski definition) is 2. The van der Waals surface area contributed by atoms with Gasteiger partial charge < -0.3 is 9.72 Å². The quantitative estimate of drug-likeness (QED) is 0.363. The van der Waals surface area contributed by atoms with Gasteiger partial charge in [-0.15, -0.1) is 11.3 Å². The Labute approximate surface area is 178 Å². The molecular formula is C20H21Cl2NO2S2. The number of H-pyrrole nitrogens is 1. The monoisotopic (exact) mass is 441 g/mol. The highest BCUT2D eigenvalue weighted by atomic mass is 35.5. The second kappa shape index (κ2) is 9.48. The van der Waals surface area contributed by atoms with Gasteiger partial charge in [-0.1, -0.05) is 29.3 Å². The van der Waals surface area contributed by atoms with Crippen LogP contribution in [0.25, 0.3) is 10.2 Å². The van der Waals surface area contributed by atoms with E-state index in [-0.39, 0.29) is 5.78 Å². The van der Waals surface area contributed by atoms with Crippen LogP contribution in [0.4, 0.5) is 0 Å². The minimum atomic E-state index is -0.0975. The first-order chi connectivity index (χ1) is 13.0. The van der Waals surface area contributed by atoms with Gasteiger partial charge in [-0.3, -0.25) is 4.79 Å². The zero-order valence-corrected chi connectivity index (χ0v) is 18.2. The number of aromatic amines is 1. The minimum absolute atomic E-state index is 0.0975. The molecular weight excluding hydrogens is 421 g/mol. The van der Waals surface area contributed by atoms with Crippen molar-refractivity contribution in [3.8, 4) is 0 Å². The highest BCUT2D eigenvalue weighted by Gasteiger charge is 2.17. The first kappa shape index (κ1) is 20.7. The summed E-state index contributed by atoms with van der Waals surface area (Å²) in [6.07, 6.45) is 2.42. The van der Waals surface area contributed by atoms with E-state index in [9.17, 15) is 4.79 Å². The van der Waals surface area contributed by atoms with Gasteiger partial charge in [0.2, 0.25) is 5.78 Å². The van der Waals surface area contributed by atoms with Crippen molar-refractivity contribution in [1.82, 2.24) is 4.98 Å². The Bertz CT molecular complexity index is 898. The maximum absolute atomic E-state index is 12.4. The zero-order valence-electron chi connectivity index (χ0n) is 14.9. The molecule has 3 aromatic rings. The number of fused-ring (bicyclic) bond motifs is 1. The van der Waals surface area contributed by atoms with E-state index in [1.54, 1.807) is 18.2 Å². The third-order valence-electron chi connectivity index (χ3n) is 4.46. The average Bonchev–Trinajstić information content (AvgIpc) is 3.22. The number of benzene rings is 1. The summed E-state index contributed by atoms with van der Waals surface area (Å²) in [5, 5.41) is 1.75. The molecule has 0 radical (unpaired) electrons. The van der Waals surface area contributed by atoms with Crippen molar-refractivity contribution in [2.24, 2.45) is 5.92 Å². The summed E-state index contributed by atoms with van der Waals surface area (Å²) in [6, 6.07) is 8.98. The fourth-order valence-corrected chi connectivity index (χ4v) is 4.72. The van der Waals surface area contributed by atoms with Gasteiger partial charge in [-0.05, 0) is 55.7 Å². The number of hydrogen-bond acceptors (Lipinski definition) is 4. The van der Waals surface area contributed by atoms with E-state index in [2.05, 4.69) is 17.6 Å². The van der Waals surface area contributed by atoms with Crippen LogP contribution in [0.2, 0.25) is 10.0 Å². The Morgan fingerprint density at radius 3 is 2.67 bits per heavy atom. The van der Waals surface area contributed by atoms with Crippen LogP contribution in [0.15, 0.2) is 30.3 Å². The maximum Gasteiger partial charge on any atom is 0.204 e. The standard InChI is InChI=1S/C14H9Cl2NOS.C6H12OS/c1-7-5-8-6-11(19-14(8)17-7)13(18)9-3-2-4-10(15)12(9)16;8-5-6-1-3-7-4-2-6/h2-6,17H,1H3;6,8H,1-5H2. The van der Waals surface area contributed by atoms with Crippen molar-refractivity contribution >= 4 is 63.2 Å². The predicted octanol–water partition coefficient (Wildman–Crippen LogP) is 6.42. The Hall–Kier alpha value is -0.980. The molecule has 2 aromatic heterocycles. The Morgan fingerprint density at radius 1 is 1.30 bits per heavy atom. The SMILES string of the molecule is Cc1cc2cc(C(=O)c3cccc(Cl)c3Cl)sc2[nH]1.SCC1CCOCC1. The fraction of sp³-hybridized carbons (Fsp3) is 0.350. The molecule has 1 aliphatic heterocycles. The molecule has 0 spiro atoms. The molecule has 0 amide bonds. The number of aryl methyl sites for hydroxylation is 1. The molecule has 0 aliphatic carbocycles. The summed E-state index contributed by atoms with van der Waals surface area (Å²) in [5.74, 6) is 1.76. The summed E-state index contributed by atoms with van der Waals surface area (Å²) in [4.78, 5) is 17.3. The minimum Gasteiger partial charge on any atom is -0.381 e. The van der Waals surface area contributed by atoms with Crippen LogP contribution in [-0.4, -0.2) is 29.7 Å². The van der Waals surface area contributed by atoms with E-state index in [1.807, 2.05) is 19.1 Å². The predicted molar refractivity (Wildman–Crippen MR) is 118 cm³/mol. The number of thiol groups is 1. The maximum atomic E-state index is 12.4.